The topological polar surface area (TPSA) is 61.4 Å². The van der Waals surface area contributed by atoms with Crippen LogP contribution in [0.3, 0.4) is 0 Å². The number of likely N-dealkylation sites (tertiary alicyclic amines) is 1. The molecule has 5 heteroatoms. The molecule has 2 saturated heterocycles. The highest BCUT2D eigenvalue weighted by atomic mass is 16.2. The van der Waals surface area contributed by atoms with Gasteiger partial charge >= 0.3 is 0 Å². The lowest BCUT2D eigenvalue weighted by molar-refractivity contribution is -0.140. The van der Waals surface area contributed by atoms with Gasteiger partial charge in [0.15, 0.2) is 0 Å². The highest BCUT2D eigenvalue weighted by Gasteiger charge is 2.31. The molecular weight excluding hydrogens is 266 g/mol. The molecule has 5 nitrogen and oxygen atoms in total. The second kappa shape index (κ2) is 6.77. The number of nitrogens with one attached hydrogen (secondary N) is 2. The van der Waals surface area contributed by atoms with E-state index >= 15 is 0 Å². The molecule has 120 valence electrons. The molecule has 0 saturated carbocycles. The van der Waals surface area contributed by atoms with Crippen LogP contribution in [-0.4, -0.2) is 48.4 Å². The van der Waals surface area contributed by atoms with Crippen molar-refractivity contribution < 1.29 is 9.59 Å². The summed E-state index contributed by atoms with van der Waals surface area (Å²) < 4.78 is 0. The van der Waals surface area contributed by atoms with Gasteiger partial charge in [-0.25, -0.2) is 0 Å². The van der Waals surface area contributed by atoms with Crippen LogP contribution < -0.4 is 10.6 Å². The Balaban J connectivity index is 1.76. The summed E-state index contributed by atoms with van der Waals surface area (Å²) in [7, 11) is 0. The number of carbonyl (C=O) groups is 2. The van der Waals surface area contributed by atoms with Gasteiger partial charge in [-0.3, -0.25) is 9.59 Å². The molecule has 0 spiro atoms. The van der Waals surface area contributed by atoms with Crippen molar-refractivity contribution in [2.45, 2.75) is 65.0 Å². The van der Waals surface area contributed by atoms with Gasteiger partial charge in [-0.15, -0.1) is 0 Å². The zero-order valence-corrected chi connectivity index (χ0v) is 13.6. The van der Waals surface area contributed by atoms with Crippen LogP contribution in [0.5, 0.6) is 0 Å². The second-order valence-corrected chi connectivity index (χ2v) is 7.33. The summed E-state index contributed by atoms with van der Waals surface area (Å²) in [5.41, 5.74) is -0.317. The minimum Gasteiger partial charge on any atom is -0.352 e. The number of hydrogen-bond donors (Lipinski definition) is 2. The molecule has 0 aromatic heterocycles. The third-order valence-corrected chi connectivity index (χ3v) is 4.40. The predicted octanol–water partition coefficient (Wildman–Crippen LogP) is 1.28. The molecule has 2 rings (SSSR count). The standard InChI is InChI=1S/C16H29N3O2/c1-16(2,3)15(21)19-10-7-12(8-11-19)18-14(20)13-6-4-5-9-17-13/h12-13,17H,4-11H2,1-3H3,(H,18,20). The van der Waals surface area contributed by atoms with Gasteiger partial charge in [-0.2, -0.15) is 0 Å². The van der Waals surface area contributed by atoms with Gasteiger partial charge in [-0.05, 0) is 32.2 Å². The van der Waals surface area contributed by atoms with Crippen molar-refractivity contribution >= 4 is 11.8 Å². The van der Waals surface area contributed by atoms with E-state index in [1.165, 1.54) is 0 Å². The van der Waals surface area contributed by atoms with Gasteiger partial charge in [0.25, 0.3) is 0 Å². The van der Waals surface area contributed by atoms with E-state index in [0.717, 1.165) is 51.7 Å². The predicted molar refractivity (Wildman–Crippen MR) is 82.8 cm³/mol. The first-order valence-corrected chi connectivity index (χ1v) is 8.21. The van der Waals surface area contributed by atoms with Gasteiger partial charge in [0, 0.05) is 24.5 Å². The maximum Gasteiger partial charge on any atom is 0.237 e. The number of hydrogen-bond acceptors (Lipinski definition) is 3. The molecule has 0 aromatic rings. The minimum atomic E-state index is -0.317. The van der Waals surface area contributed by atoms with Crippen LogP contribution in [0.1, 0.15) is 52.9 Å². The van der Waals surface area contributed by atoms with E-state index in [-0.39, 0.29) is 29.3 Å². The largest absolute Gasteiger partial charge is 0.352 e. The SMILES string of the molecule is CC(C)(C)C(=O)N1CCC(NC(=O)C2CCCCN2)CC1. The molecule has 2 heterocycles. The van der Waals surface area contributed by atoms with Crippen LogP contribution in [0.15, 0.2) is 0 Å². The lowest BCUT2D eigenvalue weighted by Gasteiger charge is -2.36. The average molecular weight is 295 g/mol. The molecule has 2 fully saturated rings. The number of amides is 2. The molecule has 2 aliphatic rings. The van der Waals surface area contributed by atoms with Crippen LogP contribution >= 0.6 is 0 Å². The monoisotopic (exact) mass is 295 g/mol. The van der Waals surface area contributed by atoms with Crippen molar-refractivity contribution in [1.82, 2.24) is 15.5 Å². The third kappa shape index (κ3) is 4.43. The minimum absolute atomic E-state index is 0.0204. The zero-order valence-electron chi connectivity index (χ0n) is 13.6. The summed E-state index contributed by atoms with van der Waals surface area (Å²) in [5, 5.41) is 6.43. The van der Waals surface area contributed by atoms with E-state index in [1.54, 1.807) is 0 Å². The molecule has 1 atom stereocenters. The van der Waals surface area contributed by atoms with Gasteiger partial charge in [-0.1, -0.05) is 27.2 Å². The van der Waals surface area contributed by atoms with Gasteiger partial charge < -0.3 is 15.5 Å². The fourth-order valence-electron chi connectivity index (χ4n) is 3.08. The number of carbonyl (C=O) groups excluding carboxylic acids is 2. The van der Waals surface area contributed by atoms with E-state index in [0.29, 0.717) is 0 Å². The molecular formula is C16H29N3O2. The van der Waals surface area contributed by atoms with Crippen LogP contribution in [0, 0.1) is 5.41 Å². The maximum atomic E-state index is 12.2. The highest BCUT2D eigenvalue weighted by Crippen LogP contribution is 2.21. The molecule has 0 aliphatic carbocycles. The summed E-state index contributed by atoms with van der Waals surface area (Å²) in [4.78, 5) is 26.3. The normalized spacial score (nSPS) is 24.7. The summed E-state index contributed by atoms with van der Waals surface area (Å²) >= 11 is 0. The Hall–Kier alpha value is -1.10. The van der Waals surface area contributed by atoms with E-state index < -0.39 is 0 Å². The van der Waals surface area contributed by atoms with Crippen molar-refractivity contribution in [3.8, 4) is 0 Å². The number of nitrogens with zero attached hydrogens (tertiary/aromatic N) is 1. The van der Waals surface area contributed by atoms with Crippen molar-refractivity contribution in [2.24, 2.45) is 5.41 Å². The van der Waals surface area contributed by atoms with Crippen LogP contribution in [-0.2, 0) is 9.59 Å². The molecule has 0 radical (unpaired) electrons. The maximum absolute atomic E-state index is 12.2. The van der Waals surface area contributed by atoms with Crippen molar-refractivity contribution in [2.75, 3.05) is 19.6 Å². The van der Waals surface area contributed by atoms with Crippen molar-refractivity contribution in [1.29, 1.82) is 0 Å². The molecule has 2 aliphatic heterocycles. The van der Waals surface area contributed by atoms with Gasteiger partial charge in [0.2, 0.25) is 11.8 Å². The third-order valence-electron chi connectivity index (χ3n) is 4.40. The summed E-state index contributed by atoms with van der Waals surface area (Å²) in [6.07, 6.45) is 4.95. The van der Waals surface area contributed by atoms with Crippen LogP contribution in [0.2, 0.25) is 0 Å². The van der Waals surface area contributed by atoms with E-state index in [4.69, 9.17) is 0 Å². The number of piperidine rings is 2. The van der Waals surface area contributed by atoms with Crippen molar-refractivity contribution in [3.05, 3.63) is 0 Å². The second-order valence-electron chi connectivity index (χ2n) is 7.33. The fourth-order valence-corrected chi connectivity index (χ4v) is 3.08. The number of rotatable bonds is 2. The zero-order chi connectivity index (χ0) is 15.5. The Morgan fingerprint density at radius 3 is 2.29 bits per heavy atom. The average Bonchev–Trinajstić information content (AvgIpc) is 2.47. The van der Waals surface area contributed by atoms with E-state index in [1.807, 2.05) is 25.7 Å². The molecule has 0 aromatic carbocycles. The van der Waals surface area contributed by atoms with Crippen LogP contribution in [0.25, 0.3) is 0 Å². The Labute approximate surface area is 127 Å². The highest BCUT2D eigenvalue weighted by molar-refractivity contribution is 5.82. The lowest BCUT2D eigenvalue weighted by Crippen LogP contribution is -2.53. The molecule has 2 amide bonds. The Morgan fingerprint density at radius 1 is 1.10 bits per heavy atom. The summed E-state index contributed by atoms with van der Waals surface area (Å²) in [6.45, 7) is 8.31. The molecule has 0 bridgehead atoms. The van der Waals surface area contributed by atoms with Crippen molar-refractivity contribution in [3.63, 3.8) is 0 Å². The molecule has 1 unspecified atom stereocenters. The quantitative estimate of drug-likeness (QED) is 0.807. The first kappa shape index (κ1) is 16.3. The molecule has 21 heavy (non-hydrogen) atoms. The van der Waals surface area contributed by atoms with Gasteiger partial charge in [0.1, 0.15) is 0 Å². The van der Waals surface area contributed by atoms with Gasteiger partial charge in [0.05, 0.1) is 6.04 Å². The Morgan fingerprint density at radius 2 is 1.76 bits per heavy atom. The first-order chi connectivity index (χ1) is 9.88. The fraction of sp³-hybridized carbons (Fsp3) is 0.875. The van der Waals surface area contributed by atoms with E-state index in [9.17, 15) is 9.59 Å². The Kier molecular flexibility index (Phi) is 5.25. The smallest absolute Gasteiger partial charge is 0.237 e. The summed E-state index contributed by atoms with van der Waals surface area (Å²) in [6, 6.07) is 0.193. The Bertz CT molecular complexity index is 375. The lowest BCUT2D eigenvalue weighted by atomic mass is 9.93. The van der Waals surface area contributed by atoms with Crippen LogP contribution in [0.4, 0.5) is 0 Å². The summed E-state index contributed by atoms with van der Waals surface area (Å²) in [5.74, 6) is 0.344. The molecule has 2 N–H and O–H groups in total. The van der Waals surface area contributed by atoms with E-state index in [2.05, 4.69) is 10.6 Å². The first-order valence-electron chi connectivity index (χ1n) is 8.21.